The summed E-state index contributed by atoms with van der Waals surface area (Å²) in [7, 11) is 5.55. The van der Waals surface area contributed by atoms with Crippen molar-refractivity contribution in [3.63, 3.8) is 0 Å². The molecular weight excluding hydrogens is 421 g/mol. The minimum atomic E-state index is -0.350. The number of nitrogens with one attached hydrogen (secondary N) is 1. The molecule has 2 aromatic heterocycles. The lowest BCUT2D eigenvalue weighted by Gasteiger charge is -2.42. The van der Waals surface area contributed by atoms with Crippen LogP contribution in [0.1, 0.15) is 31.4 Å². The van der Waals surface area contributed by atoms with Crippen molar-refractivity contribution >= 4 is 17.3 Å². The van der Waals surface area contributed by atoms with E-state index in [9.17, 15) is 4.39 Å². The van der Waals surface area contributed by atoms with Crippen LogP contribution in [0.25, 0.3) is 0 Å². The highest BCUT2D eigenvalue weighted by Gasteiger charge is 2.33. The van der Waals surface area contributed by atoms with Gasteiger partial charge in [0.25, 0.3) is 0 Å². The van der Waals surface area contributed by atoms with Crippen LogP contribution in [0.4, 0.5) is 21.7 Å². The zero-order chi connectivity index (χ0) is 23.4. The highest BCUT2D eigenvalue weighted by atomic mass is 19.1. The Morgan fingerprint density at radius 1 is 1.27 bits per heavy atom. The average Bonchev–Trinajstić information content (AvgIpc) is 3.25. The van der Waals surface area contributed by atoms with Crippen molar-refractivity contribution in [3.8, 4) is 5.75 Å². The highest BCUT2D eigenvalue weighted by molar-refractivity contribution is 5.65. The van der Waals surface area contributed by atoms with E-state index in [1.807, 2.05) is 24.0 Å². The van der Waals surface area contributed by atoms with Gasteiger partial charge in [0.2, 0.25) is 0 Å². The van der Waals surface area contributed by atoms with Crippen molar-refractivity contribution in [1.82, 2.24) is 24.6 Å². The second-order valence-corrected chi connectivity index (χ2v) is 8.53. The molecule has 0 saturated carbocycles. The molecule has 0 radical (unpaired) electrons. The molecule has 1 aliphatic rings. The normalized spacial score (nSPS) is 18.8. The van der Waals surface area contributed by atoms with Crippen LogP contribution in [-0.4, -0.2) is 58.4 Å². The summed E-state index contributed by atoms with van der Waals surface area (Å²) in [6.07, 6.45) is 8.01. The van der Waals surface area contributed by atoms with E-state index in [1.165, 1.54) is 31.2 Å². The molecule has 33 heavy (non-hydrogen) atoms. The van der Waals surface area contributed by atoms with Gasteiger partial charge in [-0.1, -0.05) is 6.92 Å². The molecule has 2 atom stereocenters. The predicted molar refractivity (Wildman–Crippen MR) is 127 cm³/mol. The molecule has 8 nitrogen and oxygen atoms in total. The number of aryl methyl sites for hydroxylation is 1. The van der Waals surface area contributed by atoms with Gasteiger partial charge in [0.15, 0.2) is 0 Å². The van der Waals surface area contributed by atoms with Crippen LogP contribution in [0.3, 0.4) is 0 Å². The smallest absolute Gasteiger partial charge is 0.145 e. The first-order chi connectivity index (χ1) is 16.0. The summed E-state index contributed by atoms with van der Waals surface area (Å²) < 4.78 is 20.7. The fourth-order valence-corrected chi connectivity index (χ4v) is 4.75. The molecule has 1 saturated heterocycles. The molecule has 176 valence electrons. The van der Waals surface area contributed by atoms with Gasteiger partial charge in [-0.05, 0) is 44.0 Å². The maximum absolute atomic E-state index is 13.5. The van der Waals surface area contributed by atoms with Crippen molar-refractivity contribution in [2.75, 3.05) is 44.0 Å². The Bertz CT molecular complexity index is 1070. The quantitative estimate of drug-likeness (QED) is 0.553. The summed E-state index contributed by atoms with van der Waals surface area (Å²) in [5.41, 5.74) is 1.92. The number of anilines is 3. The molecule has 0 spiro atoms. The minimum Gasteiger partial charge on any atom is -0.494 e. The number of aromatic nitrogens is 4. The van der Waals surface area contributed by atoms with E-state index in [0.717, 1.165) is 31.9 Å². The number of methoxy groups -OCH3 is 1. The molecule has 0 bridgehead atoms. The third-order valence-corrected chi connectivity index (χ3v) is 6.31. The van der Waals surface area contributed by atoms with Gasteiger partial charge in [-0.15, -0.1) is 0 Å². The van der Waals surface area contributed by atoms with Crippen molar-refractivity contribution in [3.05, 3.63) is 54.4 Å². The Morgan fingerprint density at radius 3 is 2.85 bits per heavy atom. The Balaban J connectivity index is 1.51. The lowest BCUT2D eigenvalue weighted by Crippen LogP contribution is -2.43. The standard InChI is InChI=1S/C24H32FN7O/c1-5-32-10-6-7-17(24(32)18-13-28-31(3)15-18)14-30(2)23-12-22(26-16-27-23)29-20-9-8-19(25)11-21(20)33-4/h8-9,11-13,15-17,24H,5-7,10,14H2,1-4H3,(H,26,27,29). The second-order valence-electron chi connectivity index (χ2n) is 8.53. The van der Waals surface area contributed by atoms with Crippen LogP contribution in [0, 0.1) is 11.7 Å². The Hall–Kier alpha value is -3.20. The summed E-state index contributed by atoms with van der Waals surface area (Å²) in [5.74, 6) is 1.98. The number of ether oxygens (including phenoxy) is 1. The summed E-state index contributed by atoms with van der Waals surface area (Å²) >= 11 is 0. The largest absolute Gasteiger partial charge is 0.494 e. The molecule has 3 heterocycles. The van der Waals surface area contributed by atoms with Gasteiger partial charge < -0.3 is 15.0 Å². The topological polar surface area (TPSA) is 71.3 Å². The fourth-order valence-electron chi connectivity index (χ4n) is 4.75. The molecule has 0 amide bonds. The third-order valence-electron chi connectivity index (χ3n) is 6.31. The minimum absolute atomic E-state index is 0.336. The van der Waals surface area contributed by atoms with E-state index in [4.69, 9.17) is 4.74 Å². The number of benzene rings is 1. The lowest BCUT2D eigenvalue weighted by atomic mass is 9.85. The molecule has 4 rings (SSSR count). The molecule has 0 aliphatic carbocycles. The molecule has 1 fully saturated rings. The first-order valence-corrected chi connectivity index (χ1v) is 11.3. The summed E-state index contributed by atoms with van der Waals surface area (Å²) in [6.45, 7) is 5.21. The van der Waals surface area contributed by atoms with E-state index in [1.54, 1.807) is 12.4 Å². The van der Waals surface area contributed by atoms with Gasteiger partial charge in [0.05, 0.1) is 19.0 Å². The molecule has 2 unspecified atom stereocenters. The maximum Gasteiger partial charge on any atom is 0.145 e. The van der Waals surface area contributed by atoms with E-state index < -0.39 is 0 Å². The van der Waals surface area contributed by atoms with Crippen molar-refractivity contribution in [2.24, 2.45) is 13.0 Å². The second kappa shape index (κ2) is 10.2. The molecule has 3 aromatic rings. The molecule has 1 aliphatic heterocycles. The summed E-state index contributed by atoms with van der Waals surface area (Å²) in [6, 6.07) is 6.61. The van der Waals surface area contributed by atoms with Crippen molar-refractivity contribution in [1.29, 1.82) is 0 Å². The third kappa shape index (κ3) is 5.24. The molecule has 1 N–H and O–H groups in total. The highest BCUT2D eigenvalue weighted by Crippen LogP contribution is 2.37. The van der Waals surface area contributed by atoms with Crippen LogP contribution in [0.15, 0.2) is 43.0 Å². The number of hydrogen-bond donors (Lipinski definition) is 1. The van der Waals surface area contributed by atoms with E-state index in [2.05, 4.69) is 50.4 Å². The van der Waals surface area contributed by atoms with Crippen molar-refractivity contribution < 1.29 is 9.13 Å². The number of nitrogens with zero attached hydrogens (tertiary/aromatic N) is 6. The van der Waals surface area contributed by atoms with Gasteiger partial charge in [-0.25, -0.2) is 14.4 Å². The maximum atomic E-state index is 13.5. The van der Waals surface area contributed by atoms with Gasteiger partial charge >= 0.3 is 0 Å². The van der Waals surface area contributed by atoms with Gasteiger partial charge in [-0.2, -0.15) is 5.10 Å². The summed E-state index contributed by atoms with van der Waals surface area (Å²) in [4.78, 5) is 13.6. The van der Waals surface area contributed by atoms with Crippen molar-refractivity contribution in [2.45, 2.75) is 25.8 Å². The zero-order valence-electron chi connectivity index (χ0n) is 19.7. The van der Waals surface area contributed by atoms with Gasteiger partial charge in [0.1, 0.15) is 29.5 Å². The van der Waals surface area contributed by atoms with Gasteiger partial charge in [-0.3, -0.25) is 9.58 Å². The fraction of sp³-hybridized carbons (Fsp3) is 0.458. The van der Waals surface area contributed by atoms with Crippen LogP contribution in [-0.2, 0) is 7.05 Å². The number of rotatable bonds is 8. The Kier molecular flexibility index (Phi) is 7.08. The van der Waals surface area contributed by atoms with Crippen LogP contribution < -0.4 is 15.0 Å². The average molecular weight is 454 g/mol. The van der Waals surface area contributed by atoms with E-state index >= 15 is 0 Å². The Morgan fingerprint density at radius 2 is 2.12 bits per heavy atom. The predicted octanol–water partition coefficient (Wildman–Crippen LogP) is 4.01. The van der Waals surface area contributed by atoms with Crippen LogP contribution >= 0.6 is 0 Å². The summed E-state index contributed by atoms with van der Waals surface area (Å²) in [5, 5.41) is 7.63. The van der Waals surface area contributed by atoms with Gasteiger partial charge in [0, 0.05) is 50.6 Å². The molecular formula is C24H32FN7O. The zero-order valence-corrected chi connectivity index (χ0v) is 19.7. The van der Waals surface area contributed by atoms with E-state index in [-0.39, 0.29) is 5.82 Å². The number of piperidine rings is 1. The number of likely N-dealkylation sites (tertiary alicyclic amines) is 1. The first kappa shape index (κ1) is 23.0. The van der Waals surface area contributed by atoms with Crippen LogP contribution in [0.2, 0.25) is 0 Å². The first-order valence-electron chi connectivity index (χ1n) is 11.3. The SMILES string of the molecule is CCN1CCCC(CN(C)c2cc(Nc3ccc(F)cc3OC)ncn2)C1c1cnn(C)c1. The van der Waals surface area contributed by atoms with Crippen LogP contribution in [0.5, 0.6) is 5.75 Å². The lowest BCUT2D eigenvalue weighted by molar-refractivity contribution is 0.101. The molecule has 1 aromatic carbocycles. The molecule has 9 heteroatoms. The number of hydrogen-bond acceptors (Lipinski definition) is 7. The monoisotopic (exact) mass is 453 g/mol. The Labute approximate surface area is 194 Å². The number of halogens is 1. The van der Waals surface area contributed by atoms with E-state index in [0.29, 0.717) is 29.2 Å².